The van der Waals surface area contributed by atoms with Crippen LogP contribution in [0, 0.1) is 0 Å². The lowest BCUT2D eigenvalue weighted by molar-refractivity contribution is -0.137. The molecule has 0 saturated carbocycles. The fourth-order valence-electron chi connectivity index (χ4n) is 3.76. The van der Waals surface area contributed by atoms with Crippen molar-refractivity contribution in [3.05, 3.63) is 71.1 Å². The second-order valence-electron chi connectivity index (χ2n) is 7.38. The number of benzene rings is 2. The fourth-order valence-corrected chi connectivity index (χ4v) is 3.76. The molecule has 9 nitrogen and oxygen atoms in total. The summed E-state index contributed by atoms with van der Waals surface area (Å²) in [5.74, 6) is -1.31. The molecule has 180 valence electrons. The third kappa shape index (κ3) is 4.93. The number of carbonyl (C=O) groups excluding carboxylic acids is 2. The molecule has 1 aliphatic rings. The number of ether oxygens (including phenoxy) is 5. The first-order valence-electron chi connectivity index (χ1n) is 10.3. The Morgan fingerprint density at radius 1 is 0.824 bits per heavy atom. The monoisotopic (exact) mass is 469 g/mol. The normalized spacial score (nSPS) is 13.5. The smallest absolute Gasteiger partial charge is 0.336 e. The Morgan fingerprint density at radius 2 is 1.32 bits per heavy atom. The SMILES string of the molecule is COC(=O)C1=CN(Cc2ccc(OC)cc2)C=C(C(=O)OC)C1c1cc(OC)c(O)c(OC)c1. The van der Waals surface area contributed by atoms with E-state index < -0.39 is 17.9 Å². The molecule has 2 aromatic rings. The number of carbonyl (C=O) groups is 2. The van der Waals surface area contributed by atoms with E-state index in [4.69, 9.17) is 23.7 Å². The molecule has 1 N–H and O–H groups in total. The number of phenolic OH excluding ortho intramolecular Hbond substituents is 1. The Bertz CT molecular complexity index is 1060. The number of phenols is 1. The van der Waals surface area contributed by atoms with Crippen molar-refractivity contribution in [2.75, 3.05) is 35.5 Å². The molecule has 0 bridgehead atoms. The van der Waals surface area contributed by atoms with Gasteiger partial charge in [-0.05, 0) is 35.4 Å². The largest absolute Gasteiger partial charge is 0.502 e. The summed E-state index contributed by atoms with van der Waals surface area (Å²) in [5.41, 5.74) is 1.81. The van der Waals surface area contributed by atoms with Gasteiger partial charge in [0.15, 0.2) is 11.5 Å². The first-order chi connectivity index (χ1) is 16.4. The maximum Gasteiger partial charge on any atom is 0.336 e. The van der Waals surface area contributed by atoms with Crippen molar-refractivity contribution in [3.63, 3.8) is 0 Å². The lowest BCUT2D eigenvalue weighted by Crippen LogP contribution is -2.28. The standard InChI is InChI=1S/C25H27NO8/c1-30-17-8-6-15(7-9-17)12-26-13-18(24(28)33-4)22(19(14-26)25(29)34-5)16-10-20(31-2)23(27)21(11-16)32-3/h6-11,13-14,22,27H,12H2,1-5H3. The van der Waals surface area contributed by atoms with Crippen LogP contribution in [-0.2, 0) is 25.6 Å². The Morgan fingerprint density at radius 3 is 1.74 bits per heavy atom. The number of hydrogen-bond donors (Lipinski definition) is 1. The van der Waals surface area contributed by atoms with Crippen LogP contribution in [0.2, 0.25) is 0 Å². The highest BCUT2D eigenvalue weighted by atomic mass is 16.5. The maximum atomic E-state index is 12.8. The zero-order chi connectivity index (χ0) is 24.8. The molecule has 9 heteroatoms. The first-order valence-corrected chi connectivity index (χ1v) is 10.3. The average molecular weight is 469 g/mol. The van der Waals surface area contributed by atoms with Crippen molar-refractivity contribution in [2.45, 2.75) is 12.5 Å². The number of methoxy groups -OCH3 is 5. The summed E-state index contributed by atoms with van der Waals surface area (Å²) in [6.07, 6.45) is 3.25. The lowest BCUT2D eigenvalue weighted by Gasteiger charge is -2.30. The van der Waals surface area contributed by atoms with E-state index in [-0.39, 0.29) is 28.4 Å². The molecule has 0 unspecified atom stereocenters. The molecule has 0 aliphatic carbocycles. The van der Waals surface area contributed by atoms with Crippen molar-refractivity contribution >= 4 is 11.9 Å². The van der Waals surface area contributed by atoms with Crippen LogP contribution >= 0.6 is 0 Å². The molecular formula is C25H27NO8. The van der Waals surface area contributed by atoms with Gasteiger partial charge >= 0.3 is 11.9 Å². The van der Waals surface area contributed by atoms with Crippen molar-refractivity contribution < 1.29 is 38.4 Å². The van der Waals surface area contributed by atoms with Gasteiger partial charge in [-0.3, -0.25) is 0 Å². The Balaban J connectivity index is 2.12. The summed E-state index contributed by atoms with van der Waals surface area (Å²) in [6, 6.07) is 10.5. The minimum Gasteiger partial charge on any atom is -0.502 e. The molecular weight excluding hydrogens is 442 g/mol. The predicted molar refractivity (Wildman–Crippen MR) is 123 cm³/mol. The number of hydrogen-bond acceptors (Lipinski definition) is 9. The van der Waals surface area contributed by atoms with Gasteiger partial charge in [-0.25, -0.2) is 9.59 Å². The Hall–Kier alpha value is -4.14. The molecule has 0 fully saturated rings. The van der Waals surface area contributed by atoms with Gasteiger partial charge in [0.25, 0.3) is 0 Å². The number of aromatic hydroxyl groups is 1. The van der Waals surface area contributed by atoms with Gasteiger partial charge in [-0.15, -0.1) is 0 Å². The molecule has 0 radical (unpaired) electrons. The maximum absolute atomic E-state index is 12.8. The Kier molecular flexibility index (Phi) is 7.68. The summed E-state index contributed by atoms with van der Waals surface area (Å²) in [5, 5.41) is 10.3. The van der Waals surface area contributed by atoms with E-state index in [0.29, 0.717) is 17.9 Å². The summed E-state index contributed by atoms with van der Waals surface area (Å²) >= 11 is 0. The van der Waals surface area contributed by atoms with E-state index >= 15 is 0 Å². The van der Waals surface area contributed by atoms with Gasteiger partial charge in [0.05, 0.1) is 52.6 Å². The van der Waals surface area contributed by atoms with Crippen molar-refractivity contribution in [1.29, 1.82) is 0 Å². The summed E-state index contributed by atoms with van der Waals surface area (Å²) in [4.78, 5) is 27.4. The van der Waals surface area contributed by atoms with Crippen LogP contribution in [0.15, 0.2) is 59.9 Å². The quantitative estimate of drug-likeness (QED) is 0.584. The van der Waals surface area contributed by atoms with E-state index in [9.17, 15) is 14.7 Å². The highest BCUT2D eigenvalue weighted by Crippen LogP contribution is 2.44. The zero-order valence-corrected chi connectivity index (χ0v) is 19.7. The molecule has 1 aliphatic heterocycles. The van der Waals surface area contributed by atoms with Crippen LogP contribution in [0.1, 0.15) is 17.0 Å². The van der Waals surface area contributed by atoms with Crippen molar-refractivity contribution in [2.24, 2.45) is 0 Å². The highest BCUT2D eigenvalue weighted by molar-refractivity contribution is 5.98. The Labute approximate surface area is 197 Å². The number of rotatable bonds is 8. The van der Waals surface area contributed by atoms with Gasteiger partial charge < -0.3 is 33.7 Å². The molecule has 0 spiro atoms. The van der Waals surface area contributed by atoms with Gasteiger partial charge in [-0.1, -0.05) is 12.1 Å². The molecule has 0 aromatic heterocycles. The average Bonchev–Trinajstić information content (AvgIpc) is 2.87. The molecule has 1 heterocycles. The summed E-state index contributed by atoms with van der Waals surface area (Å²) in [7, 11) is 6.90. The van der Waals surface area contributed by atoms with Gasteiger partial charge in [0, 0.05) is 18.9 Å². The molecule has 34 heavy (non-hydrogen) atoms. The second kappa shape index (κ2) is 10.7. The summed E-state index contributed by atoms with van der Waals surface area (Å²) in [6.45, 7) is 0.375. The lowest BCUT2D eigenvalue weighted by atomic mass is 9.83. The van der Waals surface area contributed by atoms with Gasteiger partial charge in [-0.2, -0.15) is 0 Å². The van der Waals surface area contributed by atoms with E-state index in [2.05, 4.69) is 0 Å². The van der Waals surface area contributed by atoms with E-state index in [1.54, 1.807) is 24.4 Å². The fraction of sp³-hybridized carbons (Fsp3) is 0.280. The molecule has 0 atom stereocenters. The number of esters is 2. The second-order valence-corrected chi connectivity index (χ2v) is 7.38. The topological polar surface area (TPSA) is 104 Å². The number of nitrogens with zero attached hydrogens (tertiary/aromatic N) is 1. The molecule has 3 rings (SSSR count). The predicted octanol–water partition coefficient (Wildman–Crippen LogP) is 3.13. The first kappa shape index (κ1) is 24.5. The van der Waals surface area contributed by atoms with Crippen molar-refractivity contribution in [1.82, 2.24) is 4.90 Å². The van der Waals surface area contributed by atoms with Gasteiger partial charge in [0.1, 0.15) is 5.75 Å². The van der Waals surface area contributed by atoms with E-state index in [1.165, 1.54) is 40.6 Å². The molecule has 2 aromatic carbocycles. The van der Waals surface area contributed by atoms with Gasteiger partial charge in [0.2, 0.25) is 5.75 Å². The summed E-state index contributed by atoms with van der Waals surface area (Å²) < 4.78 is 25.8. The third-order valence-electron chi connectivity index (χ3n) is 5.43. The molecule has 0 saturated heterocycles. The van der Waals surface area contributed by atoms with Crippen LogP contribution in [0.5, 0.6) is 23.0 Å². The van der Waals surface area contributed by atoms with Crippen LogP contribution in [0.25, 0.3) is 0 Å². The zero-order valence-electron chi connectivity index (χ0n) is 19.7. The third-order valence-corrected chi connectivity index (χ3v) is 5.43. The minimum absolute atomic E-state index is 0.128. The molecule has 0 amide bonds. The van der Waals surface area contributed by atoms with Crippen LogP contribution in [-0.4, -0.2) is 57.5 Å². The minimum atomic E-state index is -0.851. The van der Waals surface area contributed by atoms with Crippen LogP contribution < -0.4 is 14.2 Å². The van der Waals surface area contributed by atoms with E-state index in [1.807, 2.05) is 24.3 Å². The van der Waals surface area contributed by atoms with Crippen LogP contribution in [0.4, 0.5) is 0 Å². The van der Waals surface area contributed by atoms with Crippen molar-refractivity contribution in [3.8, 4) is 23.0 Å². The van der Waals surface area contributed by atoms with Crippen LogP contribution in [0.3, 0.4) is 0 Å². The highest BCUT2D eigenvalue weighted by Gasteiger charge is 2.36. The van der Waals surface area contributed by atoms with E-state index in [0.717, 1.165) is 5.56 Å².